The maximum atomic E-state index is 12.7. The van der Waals surface area contributed by atoms with Crippen molar-refractivity contribution < 1.29 is 18.3 Å². The Kier molecular flexibility index (Phi) is 4.84. The Morgan fingerprint density at radius 3 is 2.05 bits per heavy atom. The van der Waals surface area contributed by atoms with Crippen LogP contribution in [0.4, 0.5) is 0 Å². The molecule has 0 aliphatic heterocycles. The van der Waals surface area contributed by atoms with Gasteiger partial charge in [-0.3, -0.25) is 4.79 Å². The molecule has 1 N–H and O–H groups in total. The van der Waals surface area contributed by atoms with Crippen molar-refractivity contribution in [1.82, 2.24) is 4.31 Å². The van der Waals surface area contributed by atoms with Crippen LogP contribution < -0.4 is 0 Å². The fourth-order valence-corrected chi connectivity index (χ4v) is 5.54. The number of sulfonamides is 1. The third-order valence-corrected chi connectivity index (χ3v) is 6.72. The molecule has 19 heavy (non-hydrogen) atoms. The van der Waals surface area contributed by atoms with E-state index >= 15 is 0 Å². The average molecular weight is 289 g/mol. The number of nitrogens with zero attached hydrogens (tertiary/aromatic N) is 1. The van der Waals surface area contributed by atoms with E-state index in [1.54, 1.807) is 0 Å². The zero-order valence-electron chi connectivity index (χ0n) is 11.3. The van der Waals surface area contributed by atoms with Gasteiger partial charge in [0.15, 0.2) is 0 Å². The van der Waals surface area contributed by atoms with Crippen LogP contribution in [-0.4, -0.2) is 41.6 Å². The SMILES string of the molecule is O=C(O)CN(C1CCCC1)S(=O)(=O)C1CCCCC1. The Morgan fingerprint density at radius 2 is 1.53 bits per heavy atom. The van der Waals surface area contributed by atoms with Gasteiger partial charge >= 0.3 is 5.97 Å². The van der Waals surface area contributed by atoms with Crippen LogP contribution in [-0.2, 0) is 14.8 Å². The smallest absolute Gasteiger partial charge is 0.318 e. The summed E-state index contributed by atoms with van der Waals surface area (Å²) in [5.74, 6) is -1.05. The molecule has 0 aromatic carbocycles. The summed E-state index contributed by atoms with van der Waals surface area (Å²) in [5, 5.41) is 8.64. The Labute approximate surface area is 115 Å². The Balaban J connectivity index is 2.17. The maximum Gasteiger partial charge on any atom is 0.318 e. The van der Waals surface area contributed by atoms with Crippen LogP contribution in [0.25, 0.3) is 0 Å². The third kappa shape index (κ3) is 3.48. The van der Waals surface area contributed by atoms with Gasteiger partial charge in [0.1, 0.15) is 6.54 Å². The van der Waals surface area contributed by atoms with E-state index in [1.165, 1.54) is 4.31 Å². The summed E-state index contributed by atoms with van der Waals surface area (Å²) < 4.78 is 26.6. The first-order chi connectivity index (χ1) is 9.01. The highest BCUT2D eigenvalue weighted by atomic mass is 32.2. The number of carboxylic acids is 1. The third-order valence-electron chi connectivity index (χ3n) is 4.32. The van der Waals surface area contributed by atoms with Gasteiger partial charge in [-0.2, -0.15) is 4.31 Å². The van der Waals surface area contributed by atoms with E-state index in [9.17, 15) is 13.2 Å². The van der Waals surface area contributed by atoms with E-state index in [4.69, 9.17) is 5.11 Å². The number of carboxylic acid groups (broad SMARTS) is 1. The first-order valence-electron chi connectivity index (χ1n) is 7.24. The summed E-state index contributed by atoms with van der Waals surface area (Å²) in [6, 6.07) is -0.0944. The molecule has 0 aromatic rings. The van der Waals surface area contributed by atoms with Gasteiger partial charge in [0.25, 0.3) is 0 Å². The quantitative estimate of drug-likeness (QED) is 0.839. The van der Waals surface area contributed by atoms with Crippen LogP contribution in [0.5, 0.6) is 0 Å². The lowest BCUT2D eigenvalue weighted by molar-refractivity contribution is -0.137. The molecule has 2 rings (SSSR count). The summed E-state index contributed by atoms with van der Waals surface area (Å²) in [7, 11) is -3.45. The minimum absolute atomic E-state index is 0.0944. The van der Waals surface area contributed by atoms with E-state index in [-0.39, 0.29) is 17.8 Å². The van der Waals surface area contributed by atoms with Crippen LogP contribution in [0.3, 0.4) is 0 Å². The van der Waals surface area contributed by atoms with E-state index < -0.39 is 16.0 Å². The molecule has 0 bridgehead atoms. The van der Waals surface area contributed by atoms with Crippen molar-refractivity contribution in [3.8, 4) is 0 Å². The molecule has 0 saturated heterocycles. The molecule has 2 fully saturated rings. The fourth-order valence-electron chi connectivity index (χ4n) is 3.31. The summed E-state index contributed by atoms with van der Waals surface area (Å²) in [6.45, 7) is -0.372. The van der Waals surface area contributed by atoms with Gasteiger partial charge in [-0.1, -0.05) is 32.1 Å². The van der Waals surface area contributed by atoms with Crippen molar-refractivity contribution in [3.05, 3.63) is 0 Å². The molecule has 0 aromatic heterocycles. The minimum Gasteiger partial charge on any atom is -0.480 e. The zero-order chi connectivity index (χ0) is 13.9. The fraction of sp³-hybridized carbons (Fsp3) is 0.923. The predicted molar refractivity (Wildman–Crippen MR) is 72.4 cm³/mol. The first-order valence-corrected chi connectivity index (χ1v) is 8.74. The van der Waals surface area contributed by atoms with Crippen LogP contribution in [0, 0.1) is 0 Å². The Hall–Kier alpha value is -0.620. The molecule has 0 spiro atoms. The molecule has 0 heterocycles. The molecule has 5 nitrogen and oxygen atoms in total. The second-order valence-electron chi connectivity index (χ2n) is 5.68. The lowest BCUT2D eigenvalue weighted by Gasteiger charge is -2.32. The number of aliphatic carboxylic acids is 1. The maximum absolute atomic E-state index is 12.7. The van der Waals surface area contributed by atoms with Crippen LogP contribution in [0.1, 0.15) is 57.8 Å². The number of carbonyl (C=O) groups is 1. The molecule has 2 aliphatic rings. The van der Waals surface area contributed by atoms with Crippen molar-refractivity contribution in [2.24, 2.45) is 0 Å². The van der Waals surface area contributed by atoms with Crippen molar-refractivity contribution >= 4 is 16.0 Å². The second-order valence-corrected chi connectivity index (χ2v) is 7.85. The van der Waals surface area contributed by atoms with E-state index in [0.29, 0.717) is 12.8 Å². The van der Waals surface area contributed by atoms with Crippen molar-refractivity contribution in [2.45, 2.75) is 69.1 Å². The highest BCUT2D eigenvalue weighted by Crippen LogP contribution is 2.31. The largest absolute Gasteiger partial charge is 0.480 e. The van der Waals surface area contributed by atoms with E-state index in [2.05, 4.69) is 0 Å². The highest BCUT2D eigenvalue weighted by Gasteiger charge is 2.38. The van der Waals surface area contributed by atoms with Gasteiger partial charge in [-0.15, -0.1) is 0 Å². The normalized spacial score (nSPS) is 23.0. The predicted octanol–water partition coefficient (Wildman–Crippen LogP) is 1.98. The van der Waals surface area contributed by atoms with Crippen molar-refractivity contribution in [1.29, 1.82) is 0 Å². The van der Waals surface area contributed by atoms with Crippen LogP contribution in [0.15, 0.2) is 0 Å². The van der Waals surface area contributed by atoms with Gasteiger partial charge in [-0.05, 0) is 25.7 Å². The van der Waals surface area contributed by atoms with E-state index in [1.807, 2.05) is 0 Å². The second kappa shape index (κ2) is 6.22. The molecular formula is C13H23NO4S. The highest BCUT2D eigenvalue weighted by molar-refractivity contribution is 7.89. The zero-order valence-corrected chi connectivity index (χ0v) is 12.1. The monoisotopic (exact) mass is 289 g/mol. The van der Waals surface area contributed by atoms with Crippen LogP contribution >= 0.6 is 0 Å². The van der Waals surface area contributed by atoms with Gasteiger partial charge in [0.05, 0.1) is 5.25 Å². The van der Waals surface area contributed by atoms with Gasteiger partial charge in [0, 0.05) is 6.04 Å². The summed E-state index contributed by atoms with van der Waals surface area (Å²) in [4.78, 5) is 11.0. The van der Waals surface area contributed by atoms with Crippen molar-refractivity contribution in [3.63, 3.8) is 0 Å². The summed E-state index contributed by atoms with van der Waals surface area (Å²) in [5.41, 5.74) is 0. The van der Waals surface area contributed by atoms with Gasteiger partial charge in [0.2, 0.25) is 10.0 Å². The number of hydrogen-bond donors (Lipinski definition) is 1. The lowest BCUT2D eigenvalue weighted by Crippen LogP contribution is -2.47. The van der Waals surface area contributed by atoms with Gasteiger partial charge < -0.3 is 5.11 Å². The molecule has 2 saturated carbocycles. The molecule has 0 radical (unpaired) electrons. The average Bonchev–Trinajstić information content (AvgIpc) is 2.90. The molecular weight excluding hydrogens is 266 g/mol. The topological polar surface area (TPSA) is 74.7 Å². The molecule has 0 amide bonds. The van der Waals surface area contributed by atoms with Gasteiger partial charge in [-0.25, -0.2) is 8.42 Å². The summed E-state index contributed by atoms with van der Waals surface area (Å²) >= 11 is 0. The number of hydrogen-bond acceptors (Lipinski definition) is 3. The standard InChI is InChI=1S/C13H23NO4S/c15-13(16)10-14(11-6-4-5-7-11)19(17,18)12-8-2-1-3-9-12/h11-12H,1-10H2,(H,15,16). The first kappa shape index (κ1) is 14.8. The Bertz CT molecular complexity index is 408. The Morgan fingerprint density at radius 1 is 1.00 bits per heavy atom. The minimum atomic E-state index is -3.45. The summed E-state index contributed by atoms with van der Waals surface area (Å²) in [6.07, 6.45) is 7.95. The van der Waals surface area contributed by atoms with Crippen LogP contribution in [0.2, 0.25) is 0 Å². The molecule has 110 valence electrons. The van der Waals surface area contributed by atoms with E-state index in [0.717, 1.165) is 44.9 Å². The number of rotatable bonds is 5. The van der Waals surface area contributed by atoms with Crippen molar-refractivity contribution in [2.75, 3.05) is 6.54 Å². The molecule has 2 aliphatic carbocycles. The molecule has 6 heteroatoms. The molecule has 0 atom stereocenters. The molecule has 0 unspecified atom stereocenters. The lowest BCUT2D eigenvalue weighted by atomic mass is 10.0.